The lowest BCUT2D eigenvalue weighted by Gasteiger charge is -2.33. The van der Waals surface area contributed by atoms with Crippen LogP contribution in [0.25, 0.3) is 0 Å². The van der Waals surface area contributed by atoms with Gasteiger partial charge in [-0.15, -0.1) is 11.3 Å². The summed E-state index contributed by atoms with van der Waals surface area (Å²) in [5.74, 6) is 0.508. The highest BCUT2D eigenvalue weighted by atomic mass is 32.1. The third-order valence-corrected chi connectivity index (χ3v) is 4.39. The summed E-state index contributed by atoms with van der Waals surface area (Å²) in [6.45, 7) is 9.15. The molecule has 0 aromatic carbocycles. The molecule has 0 bridgehead atoms. The minimum absolute atomic E-state index is 0.0543. The van der Waals surface area contributed by atoms with Crippen LogP contribution in [0.5, 0.6) is 0 Å². The van der Waals surface area contributed by atoms with Gasteiger partial charge in [0.15, 0.2) is 0 Å². The maximum atomic E-state index is 12.1. The van der Waals surface area contributed by atoms with Crippen LogP contribution in [-0.4, -0.2) is 61.2 Å². The molecule has 124 valence electrons. The van der Waals surface area contributed by atoms with Crippen molar-refractivity contribution < 1.29 is 9.53 Å². The van der Waals surface area contributed by atoms with Crippen molar-refractivity contribution in [3.8, 4) is 0 Å². The molecule has 1 saturated heterocycles. The van der Waals surface area contributed by atoms with Crippen LogP contribution in [0, 0.1) is 5.92 Å². The maximum absolute atomic E-state index is 12.1. The van der Waals surface area contributed by atoms with Crippen LogP contribution in [0.4, 0.5) is 0 Å². The van der Waals surface area contributed by atoms with Gasteiger partial charge in [-0.25, -0.2) is 4.98 Å². The highest BCUT2D eigenvalue weighted by molar-refractivity contribution is 7.09. The van der Waals surface area contributed by atoms with Crippen LogP contribution >= 0.6 is 11.3 Å². The topological polar surface area (TPSA) is 80.5 Å². The first-order valence-electron chi connectivity index (χ1n) is 7.85. The van der Waals surface area contributed by atoms with Crippen LogP contribution in [-0.2, 0) is 11.2 Å². The zero-order valence-electron chi connectivity index (χ0n) is 13.4. The van der Waals surface area contributed by atoms with Gasteiger partial charge < -0.3 is 15.8 Å². The van der Waals surface area contributed by atoms with E-state index in [0.29, 0.717) is 31.1 Å². The lowest BCUT2D eigenvalue weighted by molar-refractivity contribution is -0.0295. The van der Waals surface area contributed by atoms with E-state index in [1.165, 1.54) is 11.3 Å². The van der Waals surface area contributed by atoms with Gasteiger partial charge in [0.1, 0.15) is 5.69 Å². The number of carbonyl (C=O) groups is 1. The Morgan fingerprint density at radius 1 is 1.64 bits per heavy atom. The molecular weight excluding hydrogens is 300 g/mol. The second-order valence-corrected chi connectivity index (χ2v) is 6.96. The van der Waals surface area contributed by atoms with E-state index in [2.05, 4.69) is 29.0 Å². The minimum Gasteiger partial charge on any atom is -0.374 e. The number of thiazole rings is 1. The monoisotopic (exact) mass is 326 g/mol. The average Bonchev–Trinajstić information content (AvgIpc) is 2.94. The molecule has 1 aromatic heterocycles. The second kappa shape index (κ2) is 8.57. The number of nitrogens with zero attached hydrogens (tertiary/aromatic N) is 2. The van der Waals surface area contributed by atoms with Gasteiger partial charge in [-0.2, -0.15) is 0 Å². The largest absolute Gasteiger partial charge is 0.374 e. The van der Waals surface area contributed by atoms with E-state index in [4.69, 9.17) is 10.5 Å². The number of hydrogen-bond donors (Lipinski definition) is 2. The van der Waals surface area contributed by atoms with Crippen molar-refractivity contribution in [2.45, 2.75) is 26.4 Å². The van der Waals surface area contributed by atoms with Gasteiger partial charge in [-0.05, 0) is 12.5 Å². The van der Waals surface area contributed by atoms with E-state index >= 15 is 0 Å². The van der Waals surface area contributed by atoms with Gasteiger partial charge >= 0.3 is 0 Å². The van der Waals surface area contributed by atoms with Crippen molar-refractivity contribution in [2.24, 2.45) is 11.7 Å². The summed E-state index contributed by atoms with van der Waals surface area (Å²) in [6, 6.07) is 0. The smallest absolute Gasteiger partial charge is 0.270 e. The molecule has 1 unspecified atom stereocenters. The quantitative estimate of drug-likeness (QED) is 0.772. The van der Waals surface area contributed by atoms with Gasteiger partial charge in [-0.1, -0.05) is 13.8 Å². The van der Waals surface area contributed by atoms with E-state index in [1.807, 2.05) is 0 Å². The molecule has 1 amide bonds. The molecule has 1 aliphatic rings. The first kappa shape index (κ1) is 17.3. The number of nitrogens with one attached hydrogen (secondary N) is 1. The molecule has 0 radical (unpaired) electrons. The molecule has 3 N–H and O–H groups in total. The Labute approximate surface area is 136 Å². The molecule has 0 saturated carbocycles. The van der Waals surface area contributed by atoms with Gasteiger partial charge in [-0.3, -0.25) is 9.69 Å². The number of aromatic nitrogens is 1. The fraction of sp³-hybridized carbons (Fsp3) is 0.733. The van der Waals surface area contributed by atoms with Crippen molar-refractivity contribution >= 4 is 17.2 Å². The number of carbonyl (C=O) groups excluding carboxylic acids is 1. The molecule has 1 atom stereocenters. The lowest BCUT2D eigenvalue weighted by Crippen LogP contribution is -2.48. The number of nitrogens with two attached hydrogens (primary N) is 1. The molecule has 1 fully saturated rings. The van der Waals surface area contributed by atoms with E-state index in [9.17, 15) is 4.79 Å². The van der Waals surface area contributed by atoms with E-state index in [0.717, 1.165) is 31.2 Å². The molecule has 22 heavy (non-hydrogen) atoms. The van der Waals surface area contributed by atoms with E-state index in [1.54, 1.807) is 5.38 Å². The first-order valence-corrected chi connectivity index (χ1v) is 8.73. The summed E-state index contributed by atoms with van der Waals surface area (Å²) in [4.78, 5) is 18.8. The Morgan fingerprint density at radius 3 is 3.18 bits per heavy atom. The minimum atomic E-state index is -0.135. The third-order valence-electron chi connectivity index (χ3n) is 3.48. The standard InChI is InChI=1S/C15H26N4O2S/c1-11(2)8-19-5-6-21-12(9-19)7-17-15(20)13-10-22-14(18-13)3-4-16/h10-12H,3-9,16H2,1-2H3,(H,17,20). The summed E-state index contributed by atoms with van der Waals surface area (Å²) in [7, 11) is 0. The van der Waals surface area contributed by atoms with Gasteiger partial charge in [0.25, 0.3) is 5.91 Å². The van der Waals surface area contributed by atoms with Gasteiger partial charge in [0.2, 0.25) is 0 Å². The Hall–Kier alpha value is -1.02. The number of hydrogen-bond acceptors (Lipinski definition) is 6. The van der Waals surface area contributed by atoms with Crippen molar-refractivity contribution in [1.82, 2.24) is 15.2 Å². The molecule has 2 rings (SSSR count). The number of morpholine rings is 1. The first-order chi connectivity index (χ1) is 10.6. The second-order valence-electron chi connectivity index (χ2n) is 6.02. The Kier molecular flexibility index (Phi) is 6.75. The summed E-state index contributed by atoms with van der Waals surface area (Å²) in [5.41, 5.74) is 5.97. The maximum Gasteiger partial charge on any atom is 0.270 e. The Balaban J connectivity index is 1.77. The molecule has 2 heterocycles. The number of ether oxygens (including phenoxy) is 1. The van der Waals surface area contributed by atoms with Gasteiger partial charge in [0, 0.05) is 38.0 Å². The summed E-state index contributed by atoms with van der Waals surface area (Å²) >= 11 is 1.48. The fourth-order valence-electron chi connectivity index (χ4n) is 2.54. The molecule has 0 aliphatic carbocycles. The Morgan fingerprint density at radius 2 is 2.45 bits per heavy atom. The van der Waals surface area contributed by atoms with Crippen molar-refractivity contribution in [2.75, 3.05) is 39.3 Å². The normalized spacial score (nSPS) is 19.5. The van der Waals surface area contributed by atoms with Crippen molar-refractivity contribution in [3.63, 3.8) is 0 Å². The lowest BCUT2D eigenvalue weighted by atomic mass is 10.2. The van der Waals surface area contributed by atoms with Crippen molar-refractivity contribution in [3.05, 3.63) is 16.1 Å². The average molecular weight is 326 g/mol. The SMILES string of the molecule is CC(C)CN1CCOC(CNC(=O)c2csc(CCN)n2)C1. The molecule has 0 spiro atoms. The van der Waals surface area contributed by atoms with Crippen LogP contribution < -0.4 is 11.1 Å². The predicted octanol–water partition coefficient (Wildman–Crippen LogP) is 0.731. The molecular formula is C15H26N4O2S. The number of rotatable bonds is 7. The molecule has 6 nitrogen and oxygen atoms in total. The van der Waals surface area contributed by atoms with E-state index in [-0.39, 0.29) is 12.0 Å². The van der Waals surface area contributed by atoms with Crippen LogP contribution in [0.15, 0.2) is 5.38 Å². The molecule has 7 heteroatoms. The molecule has 1 aromatic rings. The highest BCUT2D eigenvalue weighted by Crippen LogP contribution is 2.11. The Bertz CT molecular complexity index is 478. The van der Waals surface area contributed by atoms with E-state index < -0.39 is 0 Å². The highest BCUT2D eigenvalue weighted by Gasteiger charge is 2.22. The fourth-order valence-corrected chi connectivity index (χ4v) is 3.33. The molecule has 1 aliphatic heterocycles. The zero-order valence-corrected chi connectivity index (χ0v) is 14.2. The predicted molar refractivity (Wildman–Crippen MR) is 88.2 cm³/mol. The van der Waals surface area contributed by atoms with Gasteiger partial charge in [0.05, 0.1) is 17.7 Å². The summed E-state index contributed by atoms with van der Waals surface area (Å²) in [6.07, 6.45) is 0.770. The van der Waals surface area contributed by atoms with Crippen molar-refractivity contribution in [1.29, 1.82) is 0 Å². The summed E-state index contributed by atoms with van der Waals surface area (Å²) in [5, 5.41) is 5.61. The number of amides is 1. The summed E-state index contributed by atoms with van der Waals surface area (Å²) < 4.78 is 5.73. The van der Waals surface area contributed by atoms with Crippen LogP contribution in [0.2, 0.25) is 0 Å². The third kappa shape index (κ3) is 5.31. The van der Waals surface area contributed by atoms with Crippen LogP contribution in [0.3, 0.4) is 0 Å². The zero-order chi connectivity index (χ0) is 15.9. The van der Waals surface area contributed by atoms with Crippen LogP contribution in [0.1, 0.15) is 29.3 Å².